The van der Waals surface area contributed by atoms with E-state index in [1.165, 1.54) is 18.4 Å². The lowest BCUT2D eigenvalue weighted by Crippen LogP contribution is -2.57. The molecule has 0 aromatic heterocycles. The van der Waals surface area contributed by atoms with Crippen LogP contribution in [-0.2, 0) is 16.0 Å². The van der Waals surface area contributed by atoms with E-state index in [2.05, 4.69) is 21.9 Å². The predicted molar refractivity (Wildman–Crippen MR) is 119 cm³/mol. The van der Waals surface area contributed by atoms with Crippen molar-refractivity contribution in [3.05, 3.63) is 35.9 Å². The molecule has 6 heteroatoms. The van der Waals surface area contributed by atoms with Crippen LogP contribution in [-0.4, -0.2) is 77.6 Å². The van der Waals surface area contributed by atoms with Gasteiger partial charge in [-0.3, -0.25) is 4.79 Å². The van der Waals surface area contributed by atoms with E-state index < -0.39 is 0 Å². The maximum absolute atomic E-state index is 13.4. The highest BCUT2D eigenvalue weighted by atomic mass is 16.5. The minimum atomic E-state index is -0.0611. The topological polar surface area (TPSA) is 53.1 Å². The van der Waals surface area contributed by atoms with Crippen LogP contribution in [0.2, 0.25) is 0 Å². The molecule has 31 heavy (non-hydrogen) atoms. The van der Waals surface area contributed by atoms with Gasteiger partial charge in [-0.15, -0.1) is 0 Å². The monoisotopic (exact) mass is 425 g/mol. The first-order chi connectivity index (χ1) is 15.1. The van der Waals surface area contributed by atoms with Crippen molar-refractivity contribution in [3.63, 3.8) is 0 Å². The fourth-order valence-corrected chi connectivity index (χ4v) is 5.73. The largest absolute Gasteiger partial charge is 0.381 e. The van der Waals surface area contributed by atoms with Crippen molar-refractivity contribution in [2.24, 2.45) is 5.92 Å². The van der Waals surface area contributed by atoms with Crippen LogP contribution in [0.5, 0.6) is 0 Å². The van der Waals surface area contributed by atoms with E-state index in [-0.39, 0.29) is 23.5 Å². The Bertz CT molecular complexity index is 780. The van der Waals surface area contributed by atoms with Crippen LogP contribution in [0.4, 0.5) is 4.79 Å². The molecule has 3 aliphatic heterocycles. The smallest absolute Gasteiger partial charge is 0.320 e. The highest BCUT2D eigenvalue weighted by Crippen LogP contribution is 2.41. The highest BCUT2D eigenvalue weighted by Gasteiger charge is 2.53. The summed E-state index contributed by atoms with van der Waals surface area (Å²) in [6.07, 6.45) is 7.56. The molecule has 4 aliphatic rings. The van der Waals surface area contributed by atoms with E-state index in [1.54, 1.807) is 0 Å². The predicted octanol–water partition coefficient (Wildman–Crippen LogP) is 3.31. The van der Waals surface area contributed by atoms with Crippen LogP contribution >= 0.6 is 0 Å². The van der Waals surface area contributed by atoms with Gasteiger partial charge in [0.2, 0.25) is 5.91 Å². The molecule has 168 valence electrons. The van der Waals surface area contributed by atoms with E-state index in [4.69, 9.17) is 4.74 Å². The molecule has 4 fully saturated rings. The third-order valence-electron chi connectivity index (χ3n) is 7.72. The molecule has 3 saturated heterocycles. The first-order valence-corrected chi connectivity index (χ1v) is 12.1. The number of nitrogens with zero attached hydrogens (tertiary/aromatic N) is 3. The quantitative estimate of drug-likeness (QED) is 0.703. The van der Waals surface area contributed by atoms with Gasteiger partial charge >= 0.3 is 6.03 Å². The second-order valence-corrected chi connectivity index (χ2v) is 9.91. The van der Waals surface area contributed by atoms with Gasteiger partial charge in [0.1, 0.15) is 0 Å². The number of benzene rings is 1. The molecular formula is C25H35N3O3. The lowest BCUT2D eigenvalue weighted by atomic mass is 9.86. The first-order valence-electron chi connectivity index (χ1n) is 12.1. The van der Waals surface area contributed by atoms with E-state index >= 15 is 0 Å². The lowest BCUT2D eigenvalue weighted by Gasteiger charge is -2.46. The Hall–Kier alpha value is -2.08. The standard InChI is InChI=1S/C25H35N3O3/c29-23(9-8-20-4-2-1-3-5-20)26-14-10-22(11-15-26)28-24(30)27(18-21-6-7-21)19-25(28)12-16-31-17-13-25/h1-5,21-22H,6-19H2. The fraction of sp³-hybridized carbons (Fsp3) is 0.680. The third kappa shape index (κ3) is 4.45. The summed E-state index contributed by atoms with van der Waals surface area (Å²) in [6.45, 7) is 4.81. The average Bonchev–Trinajstić information content (AvgIpc) is 3.59. The van der Waals surface area contributed by atoms with E-state index in [0.29, 0.717) is 12.3 Å². The summed E-state index contributed by atoms with van der Waals surface area (Å²) in [6, 6.07) is 10.7. The minimum Gasteiger partial charge on any atom is -0.381 e. The number of carbonyl (C=O) groups is 2. The zero-order valence-corrected chi connectivity index (χ0v) is 18.5. The summed E-state index contributed by atoms with van der Waals surface area (Å²) in [5, 5.41) is 0. The van der Waals surface area contributed by atoms with Gasteiger partial charge in [-0.05, 0) is 56.4 Å². The van der Waals surface area contributed by atoms with E-state index in [9.17, 15) is 9.59 Å². The lowest BCUT2D eigenvalue weighted by molar-refractivity contribution is -0.132. The normalized spacial score (nSPS) is 24.3. The van der Waals surface area contributed by atoms with Gasteiger partial charge in [-0.25, -0.2) is 4.79 Å². The minimum absolute atomic E-state index is 0.0611. The molecule has 0 bridgehead atoms. The summed E-state index contributed by atoms with van der Waals surface area (Å²) < 4.78 is 5.66. The number of amides is 3. The molecule has 0 unspecified atom stereocenters. The van der Waals surface area contributed by atoms with Gasteiger partial charge in [0.05, 0.1) is 5.54 Å². The Morgan fingerprint density at radius 3 is 2.42 bits per heavy atom. The molecule has 0 radical (unpaired) electrons. The molecule has 0 atom stereocenters. The van der Waals surface area contributed by atoms with Crippen LogP contribution in [0, 0.1) is 5.92 Å². The van der Waals surface area contributed by atoms with Crippen molar-refractivity contribution in [2.75, 3.05) is 39.4 Å². The van der Waals surface area contributed by atoms with Gasteiger partial charge in [0.25, 0.3) is 0 Å². The van der Waals surface area contributed by atoms with Crippen molar-refractivity contribution in [3.8, 4) is 0 Å². The van der Waals surface area contributed by atoms with Gasteiger partial charge < -0.3 is 19.4 Å². The van der Waals surface area contributed by atoms with Crippen LogP contribution in [0.25, 0.3) is 0 Å². The Balaban J connectivity index is 1.20. The van der Waals surface area contributed by atoms with Crippen LogP contribution in [0.1, 0.15) is 50.5 Å². The summed E-state index contributed by atoms with van der Waals surface area (Å²) >= 11 is 0. The van der Waals surface area contributed by atoms with Gasteiger partial charge in [0.15, 0.2) is 0 Å². The van der Waals surface area contributed by atoms with Gasteiger partial charge in [-0.2, -0.15) is 0 Å². The molecule has 0 N–H and O–H groups in total. The Labute approximate surface area is 185 Å². The average molecular weight is 426 g/mol. The number of hydrogen-bond acceptors (Lipinski definition) is 3. The van der Waals surface area contributed by atoms with Crippen molar-refractivity contribution in [1.82, 2.24) is 14.7 Å². The highest BCUT2D eigenvalue weighted by molar-refractivity contribution is 5.79. The molecule has 1 aromatic carbocycles. The molecule has 1 aliphatic carbocycles. The zero-order valence-electron chi connectivity index (χ0n) is 18.5. The van der Waals surface area contributed by atoms with E-state index in [1.807, 2.05) is 23.1 Å². The number of rotatable bonds is 6. The van der Waals surface area contributed by atoms with Crippen molar-refractivity contribution < 1.29 is 14.3 Å². The molecule has 3 amide bonds. The maximum Gasteiger partial charge on any atom is 0.320 e. The maximum atomic E-state index is 13.4. The van der Waals surface area contributed by atoms with Crippen LogP contribution < -0.4 is 0 Å². The van der Waals surface area contributed by atoms with Crippen molar-refractivity contribution in [1.29, 1.82) is 0 Å². The van der Waals surface area contributed by atoms with Crippen molar-refractivity contribution >= 4 is 11.9 Å². The first kappa shape index (κ1) is 20.8. The second kappa shape index (κ2) is 8.81. The Morgan fingerprint density at radius 2 is 1.74 bits per heavy atom. The number of ether oxygens (including phenoxy) is 1. The number of urea groups is 1. The summed E-state index contributed by atoms with van der Waals surface area (Å²) in [4.78, 5) is 32.6. The summed E-state index contributed by atoms with van der Waals surface area (Å²) in [5.74, 6) is 0.955. The van der Waals surface area contributed by atoms with Gasteiger partial charge in [0, 0.05) is 51.9 Å². The summed E-state index contributed by atoms with van der Waals surface area (Å²) in [5.41, 5.74) is 1.15. The number of aryl methyl sites for hydroxylation is 1. The zero-order chi connectivity index (χ0) is 21.3. The van der Waals surface area contributed by atoms with E-state index in [0.717, 1.165) is 71.5 Å². The molecule has 6 nitrogen and oxygen atoms in total. The van der Waals surface area contributed by atoms with Gasteiger partial charge in [-0.1, -0.05) is 30.3 Å². The number of carbonyl (C=O) groups excluding carboxylic acids is 2. The fourth-order valence-electron chi connectivity index (χ4n) is 5.73. The molecule has 3 heterocycles. The third-order valence-corrected chi connectivity index (χ3v) is 7.72. The SMILES string of the molecule is O=C(CCc1ccccc1)N1CCC(N2C(=O)N(CC3CC3)CC23CCOCC3)CC1. The molecule has 1 saturated carbocycles. The second-order valence-electron chi connectivity index (χ2n) is 9.91. The summed E-state index contributed by atoms with van der Waals surface area (Å²) in [7, 11) is 0. The molecule has 1 spiro atoms. The molecular weight excluding hydrogens is 390 g/mol. The Kier molecular flexibility index (Phi) is 5.91. The number of piperidine rings is 1. The van der Waals surface area contributed by atoms with Crippen molar-refractivity contribution in [2.45, 2.75) is 62.9 Å². The number of likely N-dealkylation sites (tertiary alicyclic amines) is 1. The van der Waals surface area contributed by atoms with Crippen LogP contribution in [0.15, 0.2) is 30.3 Å². The van der Waals surface area contributed by atoms with Crippen LogP contribution in [0.3, 0.4) is 0 Å². The molecule has 5 rings (SSSR count). The number of hydrogen-bond donors (Lipinski definition) is 0. The molecule has 1 aromatic rings. The Morgan fingerprint density at radius 1 is 1.03 bits per heavy atom.